The number of halogens is 1. The van der Waals surface area contributed by atoms with Crippen LogP contribution in [0.2, 0.25) is 0 Å². The second kappa shape index (κ2) is 16.2. The summed E-state index contributed by atoms with van der Waals surface area (Å²) in [4.78, 5) is 44.9. The first kappa shape index (κ1) is 36.4. The average molecular weight is 679 g/mol. The number of nitrogens with one attached hydrogen (secondary N) is 1. The fourth-order valence-corrected chi connectivity index (χ4v) is 6.44. The molecule has 3 aromatic carbocycles. The standard InChI is InChI=1S/C29H31FN4O4.C12H16/c1-6-9-24-22(27(36)34(17(2)31-24)16-25(35)29(3,4)5)14-19-13-12-18(15-23(19)30)20-10-7-8-11-21(20)26-32-28(37)38-33-26;1-3-7-11(8-4-1)12-9-5-2-6-10-12/h7-8,10-13,15H,6,9,14,16H2,1-5H3,(H,32,33,37);1,3-4,7-8,12H,2,5-6,9-10H2. The molecule has 1 fully saturated rings. The zero-order valence-corrected chi connectivity index (χ0v) is 29.7. The number of carbonyl (C=O) groups is 1. The van der Waals surface area contributed by atoms with Gasteiger partial charge >= 0.3 is 5.76 Å². The molecule has 0 atom stereocenters. The second-order valence-corrected chi connectivity index (χ2v) is 14.1. The van der Waals surface area contributed by atoms with Crippen molar-refractivity contribution in [1.82, 2.24) is 19.7 Å². The molecule has 0 bridgehead atoms. The van der Waals surface area contributed by atoms with Crippen molar-refractivity contribution in [3.05, 3.63) is 128 Å². The molecule has 9 heteroatoms. The van der Waals surface area contributed by atoms with Crippen molar-refractivity contribution < 1.29 is 13.7 Å². The second-order valence-electron chi connectivity index (χ2n) is 14.1. The largest absolute Gasteiger partial charge is 0.439 e. The first-order valence-electron chi connectivity index (χ1n) is 17.6. The molecular formula is C41H47FN4O4. The fraction of sp³-hybridized carbons (Fsp3) is 0.390. The van der Waals surface area contributed by atoms with Gasteiger partial charge in [-0.2, -0.15) is 0 Å². The van der Waals surface area contributed by atoms with Gasteiger partial charge in [0.15, 0.2) is 11.6 Å². The Morgan fingerprint density at radius 1 is 0.960 bits per heavy atom. The maximum absolute atomic E-state index is 15.5. The van der Waals surface area contributed by atoms with E-state index in [9.17, 15) is 14.4 Å². The van der Waals surface area contributed by atoms with E-state index in [0.29, 0.717) is 45.8 Å². The normalized spacial score (nSPS) is 13.5. The molecule has 1 saturated carbocycles. The van der Waals surface area contributed by atoms with Crippen LogP contribution in [-0.2, 0) is 24.2 Å². The number of aromatic nitrogens is 4. The Balaban J connectivity index is 0.000000338. The summed E-state index contributed by atoms with van der Waals surface area (Å²) in [7, 11) is 0. The van der Waals surface area contributed by atoms with E-state index in [4.69, 9.17) is 0 Å². The highest BCUT2D eigenvalue weighted by Gasteiger charge is 2.25. The molecule has 0 saturated heterocycles. The van der Waals surface area contributed by atoms with Gasteiger partial charge in [-0.1, -0.05) is 125 Å². The number of nitrogens with zero attached hydrogens (tertiary/aromatic N) is 3. The van der Waals surface area contributed by atoms with Crippen LogP contribution in [0.25, 0.3) is 22.5 Å². The molecule has 1 N–H and O–H groups in total. The van der Waals surface area contributed by atoms with E-state index < -0.39 is 17.0 Å². The van der Waals surface area contributed by atoms with Crippen molar-refractivity contribution >= 4 is 5.78 Å². The van der Waals surface area contributed by atoms with E-state index in [1.165, 1.54) is 42.7 Å². The summed E-state index contributed by atoms with van der Waals surface area (Å²) in [6.45, 7) is 9.06. The summed E-state index contributed by atoms with van der Waals surface area (Å²) in [5.41, 5.74) is 3.82. The van der Waals surface area contributed by atoms with Crippen LogP contribution in [0.5, 0.6) is 0 Å². The van der Waals surface area contributed by atoms with Crippen LogP contribution in [0.15, 0.2) is 86.9 Å². The minimum atomic E-state index is -0.680. The maximum atomic E-state index is 15.5. The highest BCUT2D eigenvalue weighted by atomic mass is 19.1. The third kappa shape index (κ3) is 8.80. The first-order chi connectivity index (χ1) is 24.0. The number of aryl methyl sites for hydroxylation is 2. The number of rotatable bonds is 9. The van der Waals surface area contributed by atoms with E-state index in [-0.39, 0.29) is 30.1 Å². The number of ketones is 1. The van der Waals surface area contributed by atoms with Gasteiger partial charge in [0.25, 0.3) is 5.56 Å². The molecule has 2 aromatic heterocycles. The highest BCUT2D eigenvalue weighted by Crippen LogP contribution is 2.33. The van der Waals surface area contributed by atoms with Gasteiger partial charge in [-0.05, 0) is 60.4 Å². The quantitative estimate of drug-likeness (QED) is 0.167. The zero-order valence-electron chi connectivity index (χ0n) is 29.7. The lowest BCUT2D eigenvalue weighted by Crippen LogP contribution is -2.35. The number of hydrogen-bond donors (Lipinski definition) is 1. The lowest BCUT2D eigenvalue weighted by Gasteiger charge is -2.21. The summed E-state index contributed by atoms with van der Waals surface area (Å²) in [6, 6.07) is 22.9. The van der Waals surface area contributed by atoms with E-state index in [1.54, 1.807) is 48.9 Å². The van der Waals surface area contributed by atoms with Gasteiger partial charge in [0.2, 0.25) is 0 Å². The number of hydrogen-bond acceptors (Lipinski definition) is 6. The monoisotopic (exact) mass is 678 g/mol. The van der Waals surface area contributed by atoms with Gasteiger partial charge < -0.3 is 0 Å². The van der Waals surface area contributed by atoms with Crippen molar-refractivity contribution in [3.63, 3.8) is 0 Å². The Hall–Kier alpha value is -4.92. The van der Waals surface area contributed by atoms with Crippen LogP contribution in [0, 0.1) is 18.2 Å². The Bertz CT molecular complexity index is 2030. The summed E-state index contributed by atoms with van der Waals surface area (Å²) >= 11 is 0. The molecule has 0 unspecified atom stereocenters. The lowest BCUT2D eigenvalue weighted by molar-refractivity contribution is -0.127. The number of H-pyrrole nitrogens is 1. The van der Waals surface area contributed by atoms with Crippen molar-refractivity contribution in [3.8, 4) is 22.5 Å². The molecule has 8 nitrogen and oxygen atoms in total. The highest BCUT2D eigenvalue weighted by molar-refractivity contribution is 5.83. The molecular weight excluding hydrogens is 631 g/mol. The number of carbonyl (C=O) groups excluding carboxylic acids is 1. The minimum Gasteiger partial charge on any atom is -0.297 e. The topological polar surface area (TPSA) is 111 Å². The third-order valence-electron chi connectivity index (χ3n) is 9.39. The lowest BCUT2D eigenvalue weighted by atomic mass is 9.84. The smallest absolute Gasteiger partial charge is 0.297 e. The van der Waals surface area contributed by atoms with Crippen molar-refractivity contribution in [2.45, 2.75) is 98.4 Å². The van der Waals surface area contributed by atoms with E-state index >= 15 is 4.39 Å². The van der Waals surface area contributed by atoms with Crippen LogP contribution >= 0.6 is 0 Å². The Labute approximate surface area is 292 Å². The maximum Gasteiger partial charge on any atom is 0.439 e. The molecule has 0 radical (unpaired) electrons. The molecule has 1 aliphatic carbocycles. The summed E-state index contributed by atoms with van der Waals surface area (Å²) < 4.78 is 21.5. The van der Waals surface area contributed by atoms with Gasteiger partial charge in [0.1, 0.15) is 11.6 Å². The molecule has 0 spiro atoms. The zero-order chi connectivity index (χ0) is 35.8. The van der Waals surface area contributed by atoms with Crippen LogP contribution in [0.1, 0.15) is 100 Å². The van der Waals surface area contributed by atoms with Crippen LogP contribution in [-0.4, -0.2) is 25.5 Å². The molecule has 1 aliphatic rings. The van der Waals surface area contributed by atoms with Crippen LogP contribution < -0.4 is 11.3 Å². The van der Waals surface area contributed by atoms with E-state index in [0.717, 1.165) is 12.3 Å². The number of benzene rings is 3. The van der Waals surface area contributed by atoms with Crippen molar-refractivity contribution in [2.24, 2.45) is 5.41 Å². The third-order valence-corrected chi connectivity index (χ3v) is 9.39. The van der Waals surface area contributed by atoms with Crippen LogP contribution in [0.4, 0.5) is 4.39 Å². The predicted molar refractivity (Wildman–Crippen MR) is 195 cm³/mol. The molecule has 262 valence electrons. The van der Waals surface area contributed by atoms with Gasteiger partial charge in [-0.3, -0.25) is 23.7 Å². The molecule has 6 rings (SSSR count). The number of aromatic amines is 1. The molecule has 50 heavy (non-hydrogen) atoms. The van der Waals surface area contributed by atoms with E-state index in [1.807, 2.05) is 27.7 Å². The summed E-state index contributed by atoms with van der Waals surface area (Å²) in [5, 5.41) is 3.75. The molecule has 0 aliphatic heterocycles. The fourth-order valence-electron chi connectivity index (χ4n) is 6.44. The Kier molecular flexibility index (Phi) is 11.8. The van der Waals surface area contributed by atoms with Gasteiger partial charge in [-0.25, -0.2) is 14.2 Å². The molecule has 2 heterocycles. The molecule has 5 aromatic rings. The van der Waals surface area contributed by atoms with Gasteiger partial charge in [0, 0.05) is 23.0 Å². The van der Waals surface area contributed by atoms with Crippen molar-refractivity contribution in [1.29, 1.82) is 0 Å². The van der Waals surface area contributed by atoms with Gasteiger partial charge in [-0.15, -0.1) is 0 Å². The summed E-state index contributed by atoms with van der Waals surface area (Å²) in [5.74, 6) is 0.335. The predicted octanol–water partition coefficient (Wildman–Crippen LogP) is 8.59. The number of Topliss-reactive ketones (excluding diaryl/α,β-unsaturated/α-hetero) is 1. The average Bonchev–Trinajstić information content (AvgIpc) is 3.55. The SMILES string of the molecule is CCCc1nc(C)n(CC(=O)C(C)(C)C)c(=O)c1Cc1ccc(-c2ccccc2-c2noc(=O)[nH]2)cc1F.c1ccc(C2CCCCC2)cc1. The van der Waals surface area contributed by atoms with Crippen molar-refractivity contribution in [2.75, 3.05) is 0 Å². The van der Waals surface area contributed by atoms with Crippen LogP contribution in [0.3, 0.4) is 0 Å². The Morgan fingerprint density at radius 3 is 2.26 bits per heavy atom. The first-order valence-corrected chi connectivity index (χ1v) is 17.6. The summed E-state index contributed by atoms with van der Waals surface area (Å²) in [6.07, 6.45) is 8.51. The Morgan fingerprint density at radius 2 is 1.64 bits per heavy atom. The van der Waals surface area contributed by atoms with Gasteiger partial charge in [0.05, 0.1) is 12.2 Å². The molecule has 0 amide bonds. The minimum absolute atomic E-state index is 0.0511. The van der Waals surface area contributed by atoms with E-state index in [2.05, 4.69) is 50.0 Å².